The zero-order chi connectivity index (χ0) is 13.1. The molecule has 2 N–H and O–H groups in total. The van der Waals surface area contributed by atoms with E-state index in [2.05, 4.69) is 5.32 Å². The van der Waals surface area contributed by atoms with E-state index in [-0.39, 0.29) is 18.4 Å². The summed E-state index contributed by atoms with van der Waals surface area (Å²) >= 11 is 0. The van der Waals surface area contributed by atoms with Crippen LogP contribution < -0.4 is 5.32 Å². The zero-order valence-corrected chi connectivity index (χ0v) is 11.0. The van der Waals surface area contributed by atoms with Gasteiger partial charge in [0.15, 0.2) is 0 Å². The van der Waals surface area contributed by atoms with Gasteiger partial charge in [0.1, 0.15) is 6.04 Å². The van der Waals surface area contributed by atoms with Crippen molar-refractivity contribution in [2.24, 2.45) is 5.92 Å². The lowest BCUT2D eigenvalue weighted by atomic mass is 10.2. The highest BCUT2D eigenvalue weighted by molar-refractivity contribution is 7.88. The SMILES string of the molecule is CC(CO)CNC(=O)C1CCCN1S(C)(=O)=O. The molecule has 2 unspecified atom stereocenters. The third kappa shape index (κ3) is 3.93. The highest BCUT2D eigenvalue weighted by Gasteiger charge is 2.36. The summed E-state index contributed by atoms with van der Waals surface area (Å²) in [5.74, 6) is -0.291. The number of hydrogen-bond donors (Lipinski definition) is 2. The minimum absolute atomic E-state index is 0.000731. The Bertz CT molecular complexity index is 369. The van der Waals surface area contributed by atoms with E-state index in [0.29, 0.717) is 25.9 Å². The molecule has 1 rings (SSSR count). The molecular weight excluding hydrogens is 244 g/mol. The van der Waals surface area contributed by atoms with Gasteiger partial charge in [0.2, 0.25) is 15.9 Å². The molecule has 0 radical (unpaired) electrons. The lowest BCUT2D eigenvalue weighted by Crippen LogP contribution is -2.46. The third-order valence-electron chi connectivity index (χ3n) is 2.87. The van der Waals surface area contributed by atoms with E-state index in [1.807, 2.05) is 6.92 Å². The summed E-state index contributed by atoms with van der Waals surface area (Å²) in [6.45, 7) is 2.58. The molecule has 0 bridgehead atoms. The number of sulfonamides is 1. The second-order valence-electron chi connectivity index (χ2n) is 4.56. The van der Waals surface area contributed by atoms with Crippen LogP contribution in [0.3, 0.4) is 0 Å². The number of nitrogens with one attached hydrogen (secondary N) is 1. The van der Waals surface area contributed by atoms with Crippen molar-refractivity contribution in [2.45, 2.75) is 25.8 Å². The number of rotatable bonds is 5. The molecule has 1 amide bonds. The maximum Gasteiger partial charge on any atom is 0.238 e. The van der Waals surface area contributed by atoms with Gasteiger partial charge in [-0.25, -0.2) is 8.42 Å². The summed E-state index contributed by atoms with van der Waals surface area (Å²) in [5, 5.41) is 11.5. The summed E-state index contributed by atoms with van der Waals surface area (Å²) in [4.78, 5) is 11.8. The molecule has 1 fully saturated rings. The largest absolute Gasteiger partial charge is 0.396 e. The first-order valence-corrected chi connectivity index (χ1v) is 7.56. The molecule has 1 aliphatic rings. The second-order valence-corrected chi connectivity index (χ2v) is 6.50. The summed E-state index contributed by atoms with van der Waals surface area (Å²) in [6, 6.07) is -0.587. The van der Waals surface area contributed by atoms with Crippen molar-refractivity contribution in [3.05, 3.63) is 0 Å². The van der Waals surface area contributed by atoms with Crippen LogP contribution in [0.15, 0.2) is 0 Å². The molecule has 100 valence electrons. The van der Waals surface area contributed by atoms with Crippen LogP contribution in [0.25, 0.3) is 0 Å². The van der Waals surface area contributed by atoms with Crippen LogP contribution in [0, 0.1) is 5.92 Å². The van der Waals surface area contributed by atoms with E-state index < -0.39 is 16.1 Å². The molecule has 1 heterocycles. The maximum atomic E-state index is 11.8. The van der Waals surface area contributed by atoms with E-state index in [0.717, 1.165) is 6.26 Å². The third-order valence-corrected chi connectivity index (χ3v) is 4.16. The van der Waals surface area contributed by atoms with Gasteiger partial charge in [0, 0.05) is 19.7 Å². The Hall–Kier alpha value is -0.660. The fourth-order valence-corrected chi connectivity index (χ4v) is 2.98. The van der Waals surface area contributed by atoms with Crippen LogP contribution >= 0.6 is 0 Å². The number of carbonyl (C=O) groups excluding carboxylic acids is 1. The lowest BCUT2D eigenvalue weighted by Gasteiger charge is -2.22. The summed E-state index contributed by atoms with van der Waals surface area (Å²) in [5.41, 5.74) is 0. The van der Waals surface area contributed by atoms with Crippen molar-refractivity contribution in [3.8, 4) is 0 Å². The highest BCUT2D eigenvalue weighted by Crippen LogP contribution is 2.20. The molecule has 17 heavy (non-hydrogen) atoms. The molecule has 0 spiro atoms. The zero-order valence-electron chi connectivity index (χ0n) is 10.2. The van der Waals surface area contributed by atoms with E-state index in [1.165, 1.54) is 4.31 Å². The first-order valence-electron chi connectivity index (χ1n) is 5.71. The van der Waals surface area contributed by atoms with Crippen LogP contribution in [0.5, 0.6) is 0 Å². The van der Waals surface area contributed by atoms with E-state index in [1.54, 1.807) is 0 Å². The summed E-state index contributed by atoms with van der Waals surface area (Å²) in [7, 11) is -3.32. The summed E-state index contributed by atoms with van der Waals surface area (Å²) in [6.07, 6.45) is 2.39. The predicted molar refractivity (Wildman–Crippen MR) is 63.8 cm³/mol. The van der Waals surface area contributed by atoms with Crippen LogP contribution in [0.2, 0.25) is 0 Å². The molecule has 0 aliphatic carbocycles. The van der Waals surface area contributed by atoms with Crippen LogP contribution in [-0.2, 0) is 14.8 Å². The Morgan fingerprint density at radius 2 is 2.24 bits per heavy atom. The van der Waals surface area contributed by atoms with Gasteiger partial charge in [-0.05, 0) is 18.8 Å². The summed E-state index contributed by atoms with van der Waals surface area (Å²) < 4.78 is 24.1. The smallest absolute Gasteiger partial charge is 0.238 e. The monoisotopic (exact) mass is 264 g/mol. The van der Waals surface area contributed by atoms with Crippen molar-refractivity contribution in [1.29, 1.82) is 0 Å². The second kappa shape index (κ2) is 5.79. The normalized spacial score (nSPS) is 23.6. The van der Waals surface area contributed by atoms with E-state index in [9.17, 15) is 13.2 Å². The van der Waals surface area contributed by atoms with Crippen molar-refractivity contribution in [1.82, 2.24) is 9.62 Å². The highest BCUT2D eigenvalue weighted by atomic mass is 32.2. The molecule has 1 saturated heterocycles. The van der Waals surface area contributed by atoms with Crippen LogP contribution in [-0.4, -0.2) is 55.7 Å². The predicted octanol–water partition coefficient (Wildman–Crippen LogP) is -0.845. The van der Waals surface area contributed by atoms with Gasteiger partial charge in [-0.1, -0.05) is 6.92 Å². The van der Waals surface area contributed by atoms with E-state index in [4.69, 9.17) is 5.11 Å². The van der Waals surface area contributed by atoms with Gasteiger partial charge in [-0.2, -0.15) is 4.31 Å². The Balaban J connectivity index is 2.57. The molecule has 0 aromatic rings. The van der Waals surface area contributed by atoms with Gasteiger partial charge in [0.25, 0.3) is 0 Å². The van der Waals surface area contributed by atoms with Crippen molar-refractivity contribution >= 4 is 15.9 Å². The number of hydrogen-bond acceptors (Lipinski definition) is 4. The molecular formula is C10H20N2O4S. The van der Waals surface area contributed by atoms with Crippen molar-refractivity contribution in [3.63, 3.8) is 0 Å². The van der Waals surface area contributed by atoms with Gasteiger partial charge < -0.3 is 10.4 Å². The molecule has 0 aromatic heterocycles. The molecule has 6 nitrogen and oxygen atoms in total. The van der Waals surface area contributed by atoms with Crippen molar-refractivity contribution < 1.29 is 18.3 Å². The van der Waals surface area contributed by atoms with Crippen LogP contribution in [0.4, 0.5) is 0 Å². The first-order chi connectivity index (χ1) is 7.86. The fourth-order valence-electron chi connectivity index (χ4n) is 1.86. The Kier molecular flexibility index (Phi) is 4.91. The van der Waals surface area contributed by atoms with Crippen LogP contribution in [0.1, 0.15) is 19.8 Å². The molecule has 1 aliphatic heterocycles. The maximum absolute atomic E-state index is 11.8. The van der Waals surface area contributed by atoms with Crippen molar-refractivity contribution in [2.75, 3.05) is 26.0 Å². The number of carbonyl (C=O) groups is 1. The van der Waals surface area contributed by atoms with Gasteiger partial charge in [-0.3, -0.25) is 4.79 Å². The molecule has 0 aromatic carbocycles. The minimum Gasteiger partial charge on any atom is -0.396 e. The number of nitrogens with zero attached hydrogens (tertiary/aromatic N) is 1. The van der Waals surface area contributed by atoms with Gasteiger partial charge >= 0.3 is 0 Å². The van der Waals surface area contributed by atoms with E-state index >= 15 is 0 Å². The quantitative estimate of drug-likeness (QED) is 0.677. The van der Waals surface area contributed by atoms with Gasteiger partial charge in [-0.15, -0.1) is 0 Å². The molecule has 7 heteroatoms. The average Bonchev–Trinajstić information content (AvgIpc) is 2.73. The first kappa shape index (κ1) is 14.4. The minimum atomic E-state index is -3.32. The Morgan fingerprint density at radius 1 is 1.59 bits per heavy atom. The molecule has 2 atom stereocenters. The topological polar surface area (TPSA) is 86.7 Å². The number of aliphatic hydroxyl groups excluding tert-OH is 1. The molecule has 0 saturated carbocycles. The Labute approximate surface area is 102 Å². The number of amides is 1. The standard InChI is InChI=1S/C10H20N2O4S/c1-8(7-13)6-11-10(14)9-4-3-5-12(9)17(2,15)16/h8-9,13H,3-7H2,1-2H3,(H,11,14). The van der Waals surface area contributed by atoms with Gasteiger partial charge in [0.05, 0.1) is 6.26 Å². The lowest BCUT2D eigenvalue weighted by molar-refractivity contribution is -0.124. The number of aliphatic hydroxyl groups is 1. The fraction of sp³-hybridized carbons (Fsp3) is 0.900. The average molecular weight is 264 g/mol. The Morgan fingerprint density at radius 3 is 2.76 bits per heavy atom.